The van der Waals surface area contributed by atoms with E-state index in [2.05, 4.69) is 0 Å². The summed E-state index contributed by atoms with van der Waals surface area (Å²) in [7, 11) is 1.62. The third-order valence-electron chi connectivity index (χ3n) is 2.81. The van der Waals surface area contributed by atoms with Crippen molar-refractivity contribution < 1.29 is 9.13 Å². The first-order valence-corrected chi connectivity index (χ1v) is 6.05. The lowest BCUT2D eigenvalue weighted by Crippen LogP contribution is -2.41. The standard InChI is InChI=1S/C13H19ClFNO/c1-8(2)13(17-3)12(16)7-9-6-10(14)4-5-11(9)15/h4-6,8,12-13H,7,16H2,1-3H3. The predicted molar refractivity (Wildman–Crippen MR) is 68.7 cm³/mol. The molecule has 2 N–H and O–H groups in total. The highest BCUT2D eigenvalue weighted by Crippen LogP contribution is 2.19. The smallest absolute Gasteiger partial charge is 0.126 e. The minimum absolute atomic E-state index is 0.0895. The molecule has 0 aromatic heterocycles. The second-order valence-electron chi connectivity index (χ2n) is 4.55. The molecule has 1 rings (SSSR count). The summed E-state index contributed by atoms with van der Waals surface area (Å²) in [6.07, 6.45) is 0.330. The van der Waals surface area contributed by atoms with Crippen LogP contribution in [0.3, 0.4) is 0 Å². The minimum atomic E-state index is -0.275. The number of ether oxygens (including phenoxy) is 1. The van der Waals surface area contributed by atoms with Crippen LogP contribution >= 0.6 is 11.6 Å². The Balaban J connectivity index is 2.79. The minimum Gasteiger partial charge on any atom is -0.380 e. The van der Waals surface area contributed by atoms with Crippen LogP contribution < -0.4 is 5.73 Å². The van der Waals surface area contributed by atoms with Crippen molar-refractivity contribution in [2.24, 2.45) is 11.7 Å². The Morgan fingerprint density at radius 1 is 1.41 bits per heavy atom. The van der Waals surface area contributed by atoms with Crippen molar-refractivity contribution >= 4 is 11.6 Å². The van der Waals surface area contributed by atoms with Crippen LogP contribution in [-0.4, -0.2) is 19.3 Å². The van der Waals surface area contributed by atoms with Gasteiger partial charge in [-0.05, 0) is 36.1 Å². The zero-order valence-corrected chi connectivity index (χ0v) is 11.2. The summed E-state index contributed by atoms with van der Waals surface area (Å²) in [6, 6.07) is 4.26. The van der Waals surface area contributed by atoms with Crippen LogP contribution in [0.25, 0.3) is 0 Å². The van der Waals surface area contributed by atoms with E-state index < -0.39 is 0 Å². The number of methoxy groups -OCH3 is 1. The molecule has 0 saturated heterocycles. The molecule has 2 unspecified atom stereocenters. The van der Waals surface area contributed by atoms with Gasteiger partial charge in [0, 0.05) is 18.2 Å². The Morgan fingerprint density at radius 3 is 2.59 bits per heavy atom. The van der Waals surface area contributed by atoms with E-state index in [9.17, 15) is 4.39 Å². The van der Waals surface area contributed by atoms with Crippen LogP contribution in [0.15, 0.2) is 18.2 Å². The van der Waals surface area contributed by atoms with Gasteiger partial charge in [0.25, 0.3) is 0 Å². The molecule has 1 aromatic carbocycles. The van der Waals surface area contributed by atoms with Crippen LogP contribution in [-0.2, 0) is 11.2 Å². The van der Waals surface area contributed by atoms with Gasteiger partial charge in [-0.2, -0.15) is 0 Å². The molecule has 0 bridgehead atoms. The first-order valence-electron chi connectivity index (χ1n) is 5.68. The van der Waals surface area contributed by atoms with E-state index >= 15 is 0 Å². The lowest BCUT2D eigenvalue weighted by atomic mass is 9.94. The van der Waals surface area contributed by atoms with Crippen molar-refractivity contribution in [1.82, 2.24) is 0 Å². The molecule has 0 aliphatic heterocycles. The number of rotatable bonds is 5. The van der Waals surface area contributed by atoms with Gasteiger partial charge >= 0.3 is 0 Å². The van der Waals surface area contributed by atoms with Crippen molar-refractivity contribution in [3.63, 3.8) is 0 Å². The van der Waals surface area contributed by atoms with E-state index in [4.69, 9.17) is 22.1 Å². The maximum atomic E-state index is 13.5. The summed E-state index contributed by atoms with van der Waals surface area (Å²) in [5.41, 5.74) is 6.58. The van der Waals surface area contributed by atoms with Crippen molar-refractivity contribution in [2.75, 3.05) is 7.11 Å². The molecule has 0 saturated carbocycles. The summed E-state index contributed by atoms with van der Waals surface area (Å²) in [5.74, 6) is 0.0145. The van der Waals surface area contributed by atoms with Crippen molar-refractivity contribution in [3.8, 4) is 0 Å². The van der Waals surface area contributed by atoms with Gasteiger partial charge < -0.3 is 10.5 Å². The zero-order chi connectivity index (χ0) is 13.0. The lowest BCUT2D eigenvalue weighted by molar-refractivity contribution is 0.0439. The topological polar surface area (TPSA) is 35.2 Å². The molecule has 1 aromatic rings. The average molecular weight is 260 g/mol. The molecule has 2 nitrogen and oxygen atoms in total. The second kappa shape index (κ2) is 6.34. The number of hydrogen-bond donors (Lipinski definition) is 1. The van der Waals surface area contributed by atoms with Gasteiger partial charge in [-0.1, -0.05) is 25.4 Å². The number of hydrogen-bond acceptors (Lipinski definition) is 2. The zero-order valence-electron chi connectivity index (χ0n) is 10.4. The Bertz CT molecular complexity index is 370. The Hall–Kier alpha value is -0.640. The van der Waals surface area contributed by atoms with E-state index in [1.807, 2.05) is 13.8 Å². The molecule has 0 aliphatic rings. The molecule has 0 aliphatic carbocycles. The largest absolute Gasteiger partial charge is 0.380 e. The Kier molecular flexibility index (Phi) is 5.37. The third kappa shape index (κ3) is 3.95. The van der Waals surface area contributed by atoms with Crippen LogP contribution in [0.5, 0.6) is 0 Å². The normalized spacial score (nSPS) is 15.0. The van der Waals surface area contributed by atoms with Crippen LogP contribution in [0.1, 0.15) is 19.4 Å². The highest BCUT2D eigenvalue weighted by molar-refractivity contribution is 6.30. The molecule has 0 spiro atoms. The van der Waals surface area contributed by atoms with Crippen LogP contribution in [0.4, 0.5) is 4.39 Å². The van der Waals surface area contributed by atoms with Gasteiger partial charge in [0.1, 0.15) is 5.82 Å². The molecular weight excluding hydrogens is 241 g/mol. The molecule has 4 heteroatoms. The summed E-state index contributed by atoms with van der Waals surface area (Å²) in [5, 5.41) is 0.520. The first-order chi connectivity index (χ1) is 7.95. The molecule has 0 fully saturated rings. The second-order valence-corrected chi connectivity index (χ2v) is 4.98. The fourth-order valence-corrected chi connectivity index (χ4v) is 2.21. The van der Waals surface area contributed by atoms with E-state index in [0.717, 1.165) is 0 Å². The van der Waals surface area contributed by atoms with Gasteiger partial charge in [0.2, 0.25) is 0 Å². The molecule has 0 radical (unpaired) electrons. The predicted octanol–water partition coefficient (Wildman–Crippen LogP) is 3.02. The molecule has 2 atom stereocenters. The Morgan fingerprint density at radius 2 is 2.06 bits per heavy atom. The maximum absolute atomic E-state index is 13.5. The van der Waals surface area contributed by atoms with E-state index in [-0.39, 0.29) is 23.9 Å². The first kappa shape index (κ1) is 14.4. The summed E-state index contributed by atoms with van der Waals surface area (Å²) >= 11 is 5.84. The molecule has 17 heavy (non-hydrogen) atoms. The summed E-state index contributed by atoms with van der Waals surface area (Å²) in [6.45, 7) is 4.06. The van der Waals surface area contributed by atoms with Crippen molar-refractivity contribution in [3.05, 3.63) is 34.6 Å². The van der Waals surface area contributed by atoms with Gasteiger partial charge in [-0.3, -0.25) is 0 Å². The van der Waals surface area contributed by atoms with Gasteiger partial charge in [-0.25, -0.2) is 4.39 Å². The number of benzene rings is 1. The highest BCUT2D eigenvalue weighted by atomic mass is 35.5. The van der Waals surface area contributed by atoms with Crippen LogP contribution in [0, 0.1) is 11.7 Å². The third-order valence-corrected chi connectivity index (χ3v) is 3.05. The summed E-state index contributed by atoms with van der Waals surface area (Å²) in [4.78, 5) is 0. The average Bonchev–Trinajstić information content (AvgIpc) is 2.24. The Labute approximate surface area is 107 Å². The van der Waals surface area contributed by atoms with E-state index in [0.29, 0.717) is 17.0 Å². The summed E-state index contributed by atoms with van der Waals surface area (Å²) < 4.78 is 18.9. The molecule has 0 amide bonds. The molecule has 0 heterocycles. The van der Waals surface area contributed by atoms with Crippen molar-refractivity contribution in [1.29, 1.82) is 0 Å². The van der Waals surface area contributed by atoms with E-state index in [1.165, 1.54) is 12.1 Å². The quantitative estimate of drug-likeness (QED) is 0.882. The van der Waals surface area contributed by atoms with Crippen molar-refractivity contribution in [2.45, 2.75) is 32.4 Å². The van der Waals surface area contributed by atoms with Gasteiger partial charge in [0.15, 0.2) is 0 Å². The van der Waals surface area contributed by atoms with Gasteiger partial charge in [0.05, 0.1) is 6.10 Å². The highest BCUT2D eigenvalue weighted by Gasteiger charge is 2.22. The van der Waals surface area contributed by atoms with Gasteiger partial charge in [-0.15, -0.1) is 0 Å². The van der Waals surface area contributed by atoms with E-state index in [1.54, 1.807) is 13.2 Å². The maximum Gasteiger partial charge on any atom is 0.126 e. The lowest BCUT2D eigenvalue weighted by Gasteiger charge is -2.26. The fourth-order valence-electron chi connectivity index (χ4n) is 2.01. The number of halogens is 2. The number of nitrogens with two attached hydrogens (primary N) is 1. The van der Waals surface area contributed by atoms with Crippen LogP contribution in [0.2, 0.25) is 5.02 Å². The monoisotopic (exact) mass is 259 g/mol. The molecule has 96 valence electrons. The molecular formula is C13H19ClFNO. The SMILES string of the molecule is COC(C(C)C)C(N)Cc1cc(Cl)ccc1F. The fraction of sp³-hybridized carbons (Fsp3) is 0.538.